The molecule has 1 aromatic rings. The second-order valence-electron chi connectivity index (χ2n) is 4.88. The second kappa shape index (κ2) is 4.44. The highest BCUT2D eigenvalue weighted by molar-refractivity contribution is 5.96. The molecule has 0 saturated carbocycles. The van der Waals surface area contributed by atoms with Crippen LogP contribution in [0.5, 0.6) is 0 Å². The summed E-state index contributed by atoms with van der Waals surface area (Å²) >= 11 is 0. The number of amides is 1. The number of hydrogen-bond donors (Lipinski definition) is 1. The maximum atomic E-state index is 12.4. The van der Waals surface area contributed by atoms with E-state index in [0.717, 1.165) is 12.8 Å². The van der Waals surface area contributed by atoms with Crippen molar-refractivity contribution in [1.82, 2.24) is 14.5 Å². The van der Waals surface area contributed by atoms with Crippen LogP contribution in [-0.4, -0.2) is 43.5 Å². The van der Waals surface area contributed by atoms with Crippen LogP contribution in [0.25, 0.3) is 0 Å². The summed E-state index contributed by atoms with van der Waals surface area (Å²) in [6.07, 6.45) is 5.17. The number of likely N-dealkylation sites (tertiary alicyclic amines) is 1. The van der Waals surface area contributed by atoms with E-state index in [9.17, 15) is 14.7 Å². The first kappa shape index (κ1) is 12.6. The Morgan fingerprint density at radius 2 is 2.17 bits per heavy atom. The first-order chi connectivity index (χ1) is 8.47. The van der Waals surface area contributed by atoms with Crippen molar-refractivity contribution < 1.29 is 14.7 Å². The van der Waals surface area contributed by atoms with Crippen molar-refractivity contribution in [3.63, 3.8) is 0 Å². The van der Waals surface area contributed by atoms with Crippen LogP contribution in [0.2, 0.25) is 0 Å². The molecule has 6 heteroatoms. The van der Waals surface area contributed by atoms with Crippen LogP contribution in [-0.2, 0) is 11.8 Å². The van der Waals surface area contributed by atoms with E-state index in [1.807, 2.05) is 0 Å². The maximum absolute atomic E-state index is 12.4. The van der Waals surface area contributed by atoms with Gasteiger partial charge in [0, 0.05) is 13.6 Å². The average molecular weight is 251 g/mol. The number of nitrogens with zero attached hydrogens (tertiary/aromatic N) is 3. The van der Waals surface area contributed by atoms with Crippen molar-refractivity contribution in [2.75, 3.05) is 6.54 Å². The van der Waals surface area contributed by atoms with Gasteiger partial charge in [0.05, 0.1) is 12.5 Å². The zero-order valence-corrected chi connectivity index (χ0v) is 10.6. The normalized spacial score (nSPS) is 24.0. The summed E-state index contributed by atoms with van der Waals surface area (Å²) in [6, 6.07) is 0. The molecule has 1 unspecified atom stereocenters. The summed E-state index contributed by atoms with van der Waals surface area (Å²) in [5.41, 5.74) is -0.691. The number of rotatable bonds is 2. The Kier molecular flexibility index (Phi) is 3.11. The lowest BCUT2D eigenvalue weighted by molar-refractivity contribution is -0.150. The number of aliphatic carboxylic acids is 1. The molecule has 18 heavy (non-hydrogen) atoms. The van der Waals surface area contributed by atoms with Gasteiger partial charge in [0.25, 0.3) is 5.91 Å². The number of hydrogen-bond acceptors (Lipinski definition) is 3. The van der Waals surface area contributed by atoms with Crippen LogP contribution >= 0.6 is 0 Å². The Hall–Kier alpha value is -1.85. The Balaban J connectivity index is 2.33. The number of aryl methyl sites for hydroxylation is 1. The summed E-state index contributed by atoms with van der Waals surface area (Å²) in [6.45, 7) is 2.09. The lowest BCUT2D eigenvalue weighted by atomic mass is 9.88. The lowest BCUT2D eigenvalue weighted by Crippen LogP contribution is -2.57. The van der Waals surface area contributed by atoms with Gasteiger partial charge in [-0.2, -0.15) is 0 Å². The fourth-order valence-electron chi connectivity index (χ4n) is 2.37. The van der Waals surface area contributed by atoms with Crippen molar-refractivity contribution >= 4 is 11.9 Å². The van der Waals surface area contributed by atoms with Crippen molar-refractivity contribution in [3.8, 4) is 0 Å². The molecule has 0 spiro atoms. The summed E-state index contributed by atoms with van der Waals surface area (Å²) in [4.78, 5) is 29.2. The van der Waals surface area contributed by atoms with Crippen molar-refractivity contribution in [2.45, 2.75) is 31.7 Å². The third-order valence-electron chi connectivity index (χ3n) is 3.63. The molecule has 1 aliphatic rings. The first-order valence-corrected chi connectivity index (χ1v) is 5.98. The van der Waals surface area contributed by atoms with Crippen molar-refractivity contribution in [3.05, 3.63) is 18.2 Å². The predicted molar refractivity (Wildman–Crippen MR) is 64.1 cm³/mol. The molecule has 1 amide bonds. The largest absolute Gasteiger partial charge is 0.480 e. The molecule has 1 aliphatic heterocycles. The summed E-state index contributed by atoms with van der Waals surface area (Å²) in [5.74, 6) is -1.21. The van der Waals surface area contributed by atoms with E-state index in [2.05, 4.69) is 4.98 Å². The molecule has 98 valence electrons. The maximum Gasteiger partial charge on any atom is 0.329 e. The van der Waals surface area contributed by atoms with E-state index in [4.69, 9.17) is 0 Å². The number of aromatic nitrogens is 2. The number of imidazole rings is 1. The van der Waals surface area contributed by atoms with Gasteiger partial charge < -0.3 is 14.6 Å². The quantitative estimate of drug-likeness (QED) is 0.847. The lowest BCUT2D eigenvalue weighted by Gasteiger charge is -2.41. The second-order valence-corrected chi connectivity index (χ2v) is 4.88. The molecule has 1 N–H and O–H groups in total. The van der Waals surface area contributed by atoms with Gasteiger partial charge in [-0.3, -0.25) is 4.79 Å². The minimum absolute atomic E-state index is 0.264. The summed E-state index contributed by atoms with van der Waals surface area (Å²) < 4.78 is 1.61. The van der Waals surface area contributed by atoms with E-state index in [0.29, 0.717) is 18.7 Å². The topological polar surface area (TPSA) is 75.4 Å². The van der Waals surface area contributed by atoms with Gasteiger partial charge in [-0.05, 0) is 26.2 Å². The molecule has 2 rings (SSSR count). The van der Waals surface area contributed by atoms with E-state index in [1.165, 1.54) is 17.4 Å². The molecule has 6 nitrogen and oxygen atoms in total. The molecule has 0 bridgehead atoms. The van der Waals surface area contributed by atoms with Crippen LogP contribution in [0.1, 0.15) is 36.7 Å². The van der Waals surface area contributed by atoms with E-state index in [-0.39, 0.29) is 5.91 Å². The Bertz CT molecular complexity index is 483. The number of piperidine rings is 1. The fraction of sp³-hybridized carbons (Fsp3) is 0.583. The van der Waals surface area contributed by atoms with Crippen LogP contribution < -0.4 is 0 Å². The minimum Gasteiger partial charge on any atom is -0.480 e. The minimum atomic E-state index is -1.11. The van der Waals surface area contributed by atoms with Gasteiger partial charge in [0.1, 0.15) is 11.2 Å². The molecule has 0 aromatic carbocycles. The highest BCUT2D eigenvalue weighted by Crippen LogP contribution is 2.29. The number of carboxylic acids is 1. The summed E-state index contributed by atoms with van der Waals surface area (Å²) in [5, 5.41) is 9.37. The summed E-state index contributed by atoms with van der Waals surface area (Å²) in [7, 11) is 1.72. The SMILES string of the molecule is Cn1cncc1C(=O)N1CCCCC1(C)C(=O)O. The third kappa shape index (κ3) is 1.87. The van der Waals surface area contributed by atoms with Crippen LogP contribution in [0.4, 0.5) is 0 Å². The van der Waals surface area contributed by atoms with E-state index >= 15 is 0 Å². The van der Waals surface area contributed by atoms with E-state index < -0.39 is 11.5 Å². The number of carboxylic acid groups (broad SMARTS) is 1. The molecule has 0 aliphatic carbocycles. The molecular formula is C12H17N3O3. The van der Waals surface area contributed by atoms with Gasteiger partial charge in [-0.25, -0.2) is 9.78 Å². The van der Waals surface area contributed by atoms with Crippen LogP contribution in [0.15, 0.2) is 12.5 Å². The Morgan fingerprint density at radius 3 is 2.72 bits per heavy atom. The molecule has 1 atom stereocenters. The monoisotopic (exact) mass is 251 g/mol. The van der Waals surface area contributed by atoms with Gasteiger partial charge in [0.15, 0.2) is 0 Å². The zero-order valence-electron chi connectivity index (χ0n) is 10.6. The van der Waals surface area contributed by atoms with Gasteiger partial charge in [-0.1, -0.05) is 0 Å². The molecule has 1 aromatic heterocycles. The van der Waals surface area contributed by atoms with Crippen LogP contribution in [0.3, 0.4) is 0 Å². The Morgan fingerprint density at radius 1 is 1.44 bits per heavy atom. The first-order valence-electron chi connectivity index (χ1n) is 5.98. The van der Waals surface area contributed by atoms with E-state index in [1.54, 1.807) is 18.5 Å². The number of carbonyl (C=O) groups is 2. The van der Waals surface area contributed by atoms with Crippen molar-refractivity contribution in [1.29, 1.82) is 0 Å². The molecule has 0 radical (unpaired) electrons. The van der Waals surface area contributed by atoms with Crippen molar-refractivity contribution in [2.24, 2.45) is 7.05 Å². The van der Waals surface area contributed by atoms with Gasteiger partial charge in [-0.15, -0.1) is 0 Å². The zero-order chi connectivity index (χ0) is 13.3. The van der Waals surface area contributed by atoms with Gasteiger partial charge in [0.2, 0.25) is 0 Å². The average Bonchev–Trinajstić information content (AvgIpc) is 2.75. The van der Waals surface area contributed by atoms with Crippen LogP contribution in [0, 0.1) is 0 Å². The molecule has 2 heterocycles. The standard InChI is InChI=1S/C12H17N3O3/c1-12(11(17)18)5-3-4-6-15(12)10(16)9-7-13-8-14(9)2/h7-8H,3-6H2,1-2H3,(H,17,18). The predicted octanol–water partition coefficient (Wildman–Crippen LogP) is 0.889. The number of carbonyl (C=O) groups excluding carboxylic acids is 1. The smallest absolute Gasteiger partial charge is 0.329 e. The third-order valence-corrected chi connectivity index (χ3v) is 3.63. The highest BCUT2D eigenvalue weighted by atomic mass is 16.4. The fourth-order valence-corrected chi connectivity index (χ4v) is 2.37. The molecule has 1 saturated heterocycles. The molecular weight excluding hydrogens is 234 g/mol. The van der Waals surface area contributed by atoms with Gasteiger partial charge >= 0.3 is 5.97 Å². The molecule has 1 fully saturated rings. The Labute approximate surface area is 105 Å². The highest BCUT2D eigenvalue weighted by Gasteiger charge is 2.44.